The summed E-state index contributed by atoms with van der Waals surface area (Å²) in [4.78, 5) is 12.3. The van der Waals surface area contributed by atoms with E-state index in [9.17, 15) is 4.79 Å². The summed E-state index contributed by atoms with van der Waals surface area (Å²) in [5, 5.41) is 14.2. The van der Waals surface area contributed by atoms with Crippen LogP contribution in [0, 0.1) is 0 Å². The summed E-state index contributed by atoms with van der Waals surface area (Å²) in [6.45, 7) is 0. The molecule has 0 aliphatic rings. The van der Waals surface area contributed by atoms with Gasteiger partial charge in [0.25, 0.3) is 0 Å². The number of likely N-dealkylation sites (N-methyl/N-ethyl adjacent to an activating group) is 1. The van der Waals surface area contributed by atoms with Gasteiger partial charge in [0.1, 0.15) is 5.69 Å². The maximum absolute atomic E-state index is 10.7. The summed E-state index contributed by atoms with van der Waals surface area (Å²) >= 11 is 1.15. The normalized spacial score (nSPS) is 13.2. The zero-order chi connectivity index (χ0) is 9.14. The lowest BCUT2D eigenvalue weighted by Crippen LogP contribution is -2.27. The van der Waals surface area contributed by atoms with Crippen LogP contribution in [0.2, 0.25) is 0 Å². The van der Waals surface area contributed by atoms with Crippen molar-refractivity contribution in [2.75, 3.05) is 14.1 Å². The quantitative estimate of drug-likeness (QED) is 0.733. The average molecular weight is 187 g/mol. The molecule has 0 aliphatic heterocycles. The summed E-state index contributed by atoms with van der Waals surface area (Å²) in [5.74, 6) is -0.910. The monoisotopic (exact) mass is 187 g/mol. The summed E-state index contributed by atoms with van der Waals surface area (Å²) in [6, 6.07) is -0.691. The van der Waals surface area contributed by atoms with Gasteiger partial charge in [-0.05, 0) is 25.6 Å². The molecule has 12 heavy (non-hydrogen) atoms. The van der Waals surface area contributed by atoms with Gasteiger partial charge < -0.3 is 5.11 Å². The third-order valence-corrected chi connectivity index (χ3v) is 1.93. The van der Waals surface area contributed by atoms with Gasteiger partial charge >= 0.3 is 5.97 Å². The van der Waals surface area contributed by atoms with Crippen molar-refractivity contribution in [2.45, 2.75) is 6.04 Å². The lowest BCUT2D eigenvalue weighted by molar-refractivity contribution is -0.142. The topological polar surface area (TPSA) is 66.3 Å². The van der Waals surface area contributed by atoms with Crippen molar-refractivity contribution in [1.82, 2.24) is 14.5 Å². The van der Waals surface area contributed by atoms with Crippen LogP contribution in [0.3, 0.4) is 0 Å². The first kappa shape index (κ1) is 9.08. The second kappa shape index (κ2) is 3.59. The predicted molar refractivity (Wildman–Crippen MR) is 44.0 cm³/mol. The van der Waals surface area contributed by atoms with E-state index in [0.29, 0.717) is 5.69 Å². The molecule has 1 rings (SSSR count). The fourth-order valence-electron chi connectivity index (χ4n) is 0.903. The molecule has 1 unspecified atom stereocenters. The van der Waals surface area contributed by atoms with Crippen molar-refractivity contribution >= 4 is 17.5 Å². The first-order valence-electron chi connectivity index (χ1n) is 3.29. The van der Waals surface area contributed by atoms with Gasteiger partial charge in [-0.15, -0.1) is 5.10 Å². The molecule has 0 saturated carbocycles. The van der Waals surface area contributed by atoms with Crippen LogP contribution >= 0.6 is 11.5 Å². The van der Waals surface area contributed by atoms with Crippen LogP contribution in [-0.2, 0) is 4.79 Å². The van der Waals surface area contributed by atoms with Crippen molar-refractivity contribution in [3.05, 3.63) is 11.1 Å². The van der Waals surface area contributed by atoms with Crippen molar-refractivity contribution < 1.29 is 9.90 Å². The second-order valence-corrected chi connectivity index (χ2v) is 3.14. The molecule has 1 atom stereocenters. The molecule has 5 nitrogen and oxygen atoms in total. The minimum Gasteiger partial charge on any atom is -0.480 e. The van der Waals surface area contributed by atoms with Gasteiger partial charge in [-0.25, -0.2) is 0 Å². The summed E-state index contributed by atoms with van der Waals surface area (Å²) < 4.78 is 3.61. The number of aromatic nitrogens is 2. The Hall–Kier alpha value is -1.01. The van der Waals surface area contributed by atoms with Crippen LogP contribution in [-0.4, -0.2) is 39.7 Å². The highest BCUT2D eigenvalue weighted by Crippen LogP contribution is 2.16. The molecule has 1 aromatic heterocycles. The molecule has 0 amide bonds. The van der Waals surface area contributed by atoms with E-state index in [0.717, 1.165) is 11.5 Å². The van der Waals surface area contributed by atoms with Gasteiger partial charge in [0.2, 0.25) is 0 Å². The minimum absolute atomic E-state index is 0.484. The molecule has 0 aromatic carbocycles. The maximum Gasteiger partial charge on any atom is 0.327 e. The Morgan fingerprint density at radius 1 is 1.75 bits per heavy atom. The molecular weight excluding hydrogens is 178 g/mol. The van der Waals surface area contributed by atoms with E-state index in [1.807, 2.05) is 0 Å². The minimum atomic E-state index is -0.910. The van der Waals surface area contributed by atoms with E-state index < -0.39 is 12.0 Å². The van der Waals surface area contributed by atoms with E-state index in [1.165, 1.54) is 0 Å². The highest BCUT2D eigenvalue weighted by Gasteiger charge is 2.24. The first-order chi connectivity index (χ1) is 5.63. The van der Waals surface area contributed by atoms with Crippen molar-refractivity contribution in [3.63, 3.8) is 0 Å². The van der Waals surface area contributed by atoms with Gasteiger partial charge in [-0.1, -0.05) is 4.49 Å². The predicted octanol–water partition coefficient (Wildman–Crippen LogP) is 0.225. The standard InChI is InChI=1S/C6H9N3O2S/c1-9(2)5(6(10)11)4-3-12-8-7-4/h3,5H,1-2H3,(H,10,11). The van der Waals surface area contributed by atoms with Crippen LogP contribution in [0.15, 0.2) is 5.38 Å². The first-order valence-corrected chi connectivity index (χ1v) is 4.12. The second-order valence-electron chi connectivity index (χ2n) is 2.53. The summed E-state index contributed by atoms with van der Waals surface area (Å²) in [6.07, 6.45) is 0. The fourth-order valence-corrected chi connectivity index (χ4v) is 1.38. The average Bonchev–Trinajstić information content (AvgIpc) is 2.37. The van der Waals surface area contributed by atoms with Crippen LogP contribution in [0.25, 0.3) is 0 Å². The lowest BCUT2D eigenvalue weighted by atomic mass is 10.2. The number of carbonyl (C=O) groups is 1. The van der Waals surface area contributed by atoms with Gasteiger partial charge in [-0.2, -0.15) is 0 Å². The molecule has 0 fully saturated rings. The van der Waals surface area contributed by atoms with Crippen LogP contribution in [0.5, 0.6) is 0 Å². The van der Waals surface area contributed by atoms with Crippen LogP contribution < -0.4 is 0 Å². The molecule has 0 saturated heterocycles. The Morgan fingerprint density at radius 3 is 2.75 bits per heavy atom. The highest BCUT2D eigenvalue weighted by molar-refractivity contribution is 7.03. The molecular formula is C6H9N3O2S. The number of carboxylic acids is 1. The SMILES string of the molecule is CN(C)C(C(=O)O)c1csnn1. The third kappa shape index (κ3) is 1.77. The maximum atomic E-state index is 10.7. The Kier molecular flexibility index (Phi) is 2.72. The molecule has 6 heteroatoms. The van der Waals surface area contributed by atoms with Crippen molar-refractivity contribution in [3.8, 4) is 0 Å². The Labute approximate surface area is 73.8 Å². The third-order valence-electron chi connectivity index (χ3n) is 1.41. The van der Waals surface area contributed by atoms with Crippen LogP contribution in [0.4, 0.5) is 0 Å². The number of carboxylic acid groups (broad SMARTS) is 1. The molecule has 0 bridgehead atoms. The van der Waals surface area contributed by atoms with Crippen molar-refractivity contribution in [2.24, 2.45) is 0 Å². The van der Waals surface area contributed by atoms with Gasteiger partial charge in [0.15, 0.2) is 6.04 Å². The fraction of sp³-hybridized carbons (Fsp3) is 0.500. The summed E-state index contributed by atoms with van der Waals surface area (Å²) in [7, 11) is 3.39. The molecule has 1 N–H and O–H groups in total. The Morgan fingerprint density at radius 2 is 2.42 bits per heavy atom. The molecule has 0 radical (unpaired) electrons. The van der Waals surface area contributed by atoms with E-state index in [4.69, 9.17) is 5.11 Å². The smallest absolute Gasteiger partial charge is 0.327 e. The number of hydrogen-bond acceptors (Lipinski definition) is 5. The number of rotatable bonds is 3. The van der Waals surface area contributed by atoms with E-state index in [-0.39, 0.29) is 0 Å². The van der Waals surface area contributed by atoms with Gasteiger partial charge in [-0.3, -0.25) is 9.69 Å². The zero-order valence-corrected chi connectivity index (χ0v) is 7.58. The summed E-state index contributed by atoms with van der Waals surface area (Å²) in [5.41, 5.74) is 0.484. The van der Waals surface area contributed by atoms with Crippen LogP contribution in [0.1, 0.15) is 11.7 Å². The molecule has 0 spiro atoms. The number of hydrogen-bond donors (Lipinski definition) is 1. The molecule has 1 aromatic rings. The van der Waals surface area contributed by atoms with E-state index >= 15 is 0 Å². The lowest BCUT2D eigenvalue weighted by Gasteiger charge is -2.16. The Bertz CT molecular complexity index is 260. The molecule has 0 aliphatic carbocycles. The van der Waals surface area contributed by atoms with Gasteiger partial charge in [0.05, 0.1) is 0 Å². The Balaban J connectivity index is 2.88. The van der Waals surface area contributed by atoms with E-state index in [2.05, 4.69) is 9.59 Å². The largest absolute Gasteiger partial charge is 0.480 e. The van der Waals surface area contributed by atoms with Gasteiger partial charge in [0, 0.05) is 5.38 Å². The zero-order valence-electron chi connectivity index (χ0n) is 6.76. The molecule has 66 valence electrons. The molecule has 1 heterocycles. The highest BCUT2D eigenvalue weighted by atomic mass is 32.1. The van der Waals surface area contributed by atoms with Crippen molar-refractivity contribution in [1.29, 1.82) is 0 Å². The number of nitrogens with zero attached hydrogens (tertiary/aromatic N) is 3. The van der Waals surface area contributed by atoms with E-state index in [1.54, 1.807) is 24.4 Å². The number of aliphatic carboxylic acids is 1.